The van der Waals surface area contributed by atoms with E-state index >= 15 is 0 Å². The summed E-state index contributed by atoms with van der Waals surface area (Å²) in [6.07, 6.45) is 4.53. The summed E-state index contributed by atoms with van der Waals surface area (Å²) in [5, 5.41) is 0. The van der Waals surface area contributed by atoms with Gasteiger partial charge in [0.25, 0.3) is 0 Å². The summed E-state index contributed by atoms with van der Waals surface area (Å²) in [6, 6.07) is 0. The molecule has 0 unspecified atom stereocenters. The standard InChI is InChI=1S/C6H13IN/c1-8-7-5-6-3-2-4-6/h6,8H,2-5H2,1H3/q-1. The predicted molar refractivity (Wildman–Crippen MR) is 31.3 cm³/mol. The Morgan fingerprint density at radius 1 is 1.62 bits per heavy atom. The second-order valence-corrected chi connectivity index (χ2v) is 5.00. The van der Waals surface area contributed by atoms with Crippen LogP contribution in [0.4, 0.5) is 0 Å². The minimum atomic E-state index is 0.383. The van der Waals surface area contributed by atoms with Crippen LogP contribution >= 0.6 is 0 Å². The van der Waals surface area contributed by atoms with Gasteiger partial charge in [-0.05, 0) is 0 Å². The Morgan fingerprint density at radius 2 is 2.38 bits per heavy atom. The molecule has 0 atom stereocenters. The van der Waals surface area contributed by atoms with Crippen molar-refractivity contribution in [2.24, 2.45) is 5.92 Å². The van der Waals surface area contributed by atoms with E-state index in [-0.39, 0.29) is 0 Å². The summed E-state index contributed by atoms with van der Waals surface area (Å²) < 4.78 is 4.79. The number of alkyl halides is 1. The Labute approximate surface area is 61.9 Å². The van der Waals surface area contributed by atoms with Crippen molar-refractivity contribution in [1.82, 2.24) is 3.53 Å². The zero-order valence-electron chi connectivity index (χ0n) is 5.28. The van der Waals surface area contributed by atoms with Crippen LogP contribution in [-0.2, 0) is 0 Å². The van der Waals surface area contributed by atoms with Gasteiger partial charge < -0.3 is 0 Å². The van der Waals surface area contributed by atoms with E-state index in [4.69, 9.17) is 0 Å². The fourth-order valence-electron chi connectivity index (χ4n) is 0.833. The number of hydrogen-bond acceptors (Lipinski definition) is 1. The van der Waals surface area contributed by atoms with E-state index in [1.54, 1.807) is 0 Å². The van der Waals surface area contributed by atoms with Crippen molar-refractivity contribution < 1.29 is 21.5 Å². The molecular formula is C6H13IN-. The third-order valence-corrected chi connectivity index (χ3v) is 4.10. The van der Waals surface area contributed by atoms with Crippen molar-refractivity contribution in [3.05, 3.63) is 0 Å². The average Bonchev–Trinajstić information content (AvgIpc) is 1.63. The Bertz CT molecular complexity index is 61.5. The summed E-state index contributed by atoms with van der Waals surface area (Å²) in [5.74, 6) is 1.12. The van der Waals surface area contributed by atoms with Gasteiger partial charge in [0, 0.05) is 0 Å². The van der Waals surface area contributed by atoms with Gasteiger partial charge in [-0.15, -0.1) is 0 Å². The van der Waals surface area contributed by atoms with Crippen molar-refractivity contribution in [3.8, 4) is 0 Å². The Hall–Kier alpha value is 0.690. The molecule has 1 fully saturated rings. The van der Waals surface area contributed by atoms with Gasteiger partial charge in [0.15, 0.2) is 0 Å². The summed E-state index contributed by atoms with van der Waals surface area (Å²) in [6.45, 7) is 0. The first-order valence-corrected chi connectivity index (χ1v) is 5.79. The van der Waals surface area contributed by atoms with Gasteiger partial charge in [-0.2, -0.15) is 0 Å². The van der Waals surface area contributed by atoms with Crippen molar-refractivity contribution in [1.29, 1.82) is 0 Å². The van der Waals surface area contributed by atoms with Crippen molar-refractivity contribution in [3.63, 3.8) is 0 Å². The first-order chi connectivity index (χ1) is 3.93. The summed E-state index contributed by atoms with van der Waals surface area (Å²) >= 11 is 0.383. The van der Waals surface area contributed by atoms with Gasteiger partial charge in [0.2, 0.25) is 0 Å². The normalized spacial score (nSPS) is 21.1. The minimum absolute atomic E-state index is 0.383. The van der Waals surface area contributed by atoms with Gasteiger partial charge in [0.05, 0.1) is 0 Å². The number of halogens is 1. The second kappa shape index (κ2) is 3.67. The maximum atomic E-state index is 3.28. The SMILES string of the molecule is CN[I-]CC1CCC1. The quantitative estimate of drug-likeness (QED) is 0.334. The van der Waals surface area contributed by atoms with Crippen LogP contribution in [0.25, 0.3) is 0 Å². The molecule has 8 heavy (non-hydrogen) atoms. The van der Waals surface area contributed by atoms with E-state index in [1.807, 2.05) is 0 Å². The van der Waals surface area contributed by atoms with E-state index in [1.165, 1.54) is 23.7 Å². The summed E-state index contributed by atoms with van der Waals surface area (Å²) in [7, 11) is 2.08. The second-order valence-electron chi connectivity index (χ2n) is 2.27. The van der Waals surface area contributed by atoms with Crippen molar-refractivity contribution >= 4 is 0 Å². The average molecular weight is 226 g/mol. The molecule has 2 heteroatoms. The molecular weight excluding hydrogens is 213 g/mol. The Balaban J connectivity index is 1.86. The zero-order chi connectivity index (χ0) is 5.82. The molecule has 0 saturated heterocycles. The first-order valence-electron chi connectivity index (χ1n) is 3.18. The number of nitrogens with one attached hydrogen (secondary N) is 1. The summed E-state index contributed by atoms with van der Waals surface area (Å²) in [4.78, 5) is 0. The van der Waals surface area contributed by atoms with E-state index in [2.05, 4.69) is 10.6 Å². The molecule has 1 N–H and O–H groups in total. The Kier molecular flexibility index (Phi) is 3.12. The van der Waals surface area contributed by atoms with Crippen molar-refractivity contribution in [2.45, 2.75) is 19.3 Å². The van der Waals surface area contributed by atoms with Crippen LogP contribution in [0, 0.1) is 5.92 Å². The molecule has 1 aliphatic carbocycles. The molecule has 1 rings (SSSR count). The molecule has 0 amide bonds. The van der Waals surface area contributed by atoms with Crippen molar-refractivity contribution in [2.75, 3.05) is 11.5 Å². The van der Waals surface area contributed by atoms with Gasteiger partial charge in [0.1, 0.15) is 0 Å². The van der Waals surface area contributed by atoms with Crippen LogP contribution in [0.1, 0.15) is 19.3 Å². The van der Waals surface area contributed by atoms with E-state index in [0.717, 1.165) is 5.92 Å². The van der Waals surface area contributed by atoms with Crippen LogP contribution in [0.2, 0.25) is 0 Å². The zero-order valence-corrected chi connectivity index (χ0v) is 7.44. The fraction of sp³-hybridized carbons (Fsp3) is 1.00. The van der Waals surface area contributed by atoms with Crippen LogP contribution in [-0.4, -0.2) is 11.5 Å². The van der Waals surface area contributed by atoms with E-state index in [9.17, 15) is 0 Å². The third kappa shape index (κ3) is 1.90. The van der Waals surface area contributed by atoms with Crippen LogP contribution in [0.5, 0.6) is 0 Å². The summed E-state index contributed by atoms with van der Waals surface area (Å²) in [5.41, 5.74) is 0. The molecule has 1 nitrogen and oxygen atoms in total. The molecule has 0 bridgehead atoms. The number of hydrogen-bond donors (Lipinski definition) is 1. The molecule has 0 aromatic rings. The molecule has 50 valence electrons. The molecule has 0 heterocycles. The maximum absolute atomic E-state index is 3.28. The van der Waals surface area contributed by atoms with Gasteiger partial charge in [-0.3, -0.25) is 0 Å². The van der Waals surface area contributed by atoms with Crippen LogP contribution in [0.15, 0.2) is 0 Å². The molecule has 1 aliphatic rings. The molecule has 0 aliphatic heterocycles. The predicted octanol–water partition coefficient (Wildman–Crippen LogP) is -1.99. The first kappa shape index (κ1) is 6.81. The van der Waals surface area contributed by atoms with Crippen LogP contribution in [0.3, 0.4) is 0 Å². The monoisotopic (exact) mass is 226 g/mol. The molecule has 0 spiro atoms. The van der Waals surface area contributed by atoms with Crippen LogP contribution < -0.4 is 25.0 Å². The Morgan fingerprint density at radius 3 is 2.75 bits per heavy atom. The molecule has 1 saturated carbocycles. The van der Waals surface area contributed by atoms with Gasteiger partial charge in [-0.25, -0.2) is 0 Å². The topological polar surface area (TPSA) is 12.0 Å². The fourth-order valence-corrected chi connectivity index (χ4v) is 2.78. The molecule has 0 aromatic heterocycles. The molecule has 0 aromatic carbocycles. The third-order valence-electron chi connectivity index (χ3n) is 1.65. The number of rotatable bonds is 3. The van der Waals surface area contributed by atoms with E-state index < -0.39 is 0 Å². The van der Waals surface area contributed by atoms with E-state index in [0.29, 0.717) is 21.5 Å². The van der Waals surface area contributed by atoms with Gasteiger partial charge in [-0.1, -0.05) is 0 Å². The molecule has 0 radical (unpaired) electrons. The van der Waals surface area contributed by atoms with Gasteiger partial charge >= 0.3 is 61.7 Å².